The van der Waals surface area contributed by atoms with Gasteiger partial charge in [-0.2, -0.15) is 0 Å². The Morgan fingerprint density at radius 2 is 1.93 bits per heavy atom. The average molecular weight is 422 g/mol. The Bertz CT molecular complexity index is 1070. The van der Waals surface area contributed by atoms with Gasteiger partial charge in [0.25, 0.3) is 0 Å². The fraction of sp³-hybridized carbons (Fsp3) is 0.375. The van der Waals surface area contributed by atoms with Crippen LogP contribution >= 0.6 is 11.3 Å². The first-order chi connectivity index (χ1) is 14.5. The second kappa shape index (κ2) is 8.96. The van der Waals surface area contributed by atoms with E-state index < -0.39 is 0 Å². The molecule has 0 spiro atoms. The van der Waals surface area contributed by atoms with Crippen LogP contribution < -0.4 is 0 Å². The van der Waals surface area contributed by atoms with E-state index in [0.29, 0.717) is 10.6 Å². The normalized spacial score (nSPS) is 14.7. The Kier molecular flexibility index (Phi) is 6.13. The van der Waals surface area contributed by atoms with Crippen molar-refractivity contribution in [3.05, 3.63) is 47.0 Å². The van der Waals surface area contributed by atoms with Crippen LogP contribution in [-0.2, 0) is 4.74 Å². The summed E-state index contributed by atoms with van der Waals surface area (Å²) >= 11 is 1.37. The summed E-state index contributed by atoms with van der Waals surface area (Å²) in [6.45, 7) is 7.70. The van der Waals surface area contributed by atoms with Crippen molar-refractivity contribution >= 4 is 39.5 Å². The van der Waals surface area contributed by atoms with Crippen molar-refractivity contribution < 1.29 is 9.53 Å². The van der Waals surface area contributed by atoms with Crippen LogP contribution in [0, 0.1) is 6.92 Å². The molecule has 1 aromatic carbocycles. The highest BCUT2D eigenvalue weighted by Crippen LogP contribution is 2.43. The number of esters is 1. The number of thiophene rings is 1. The second-order valence-corrected chi connectivity index (χ2v) is 8.93. The smallest absolute Gasteiger partial charge is 0.350 e. The molecule has 3 heterocycles. The van der Waals surface area contributed by atoms with Crippen molar-refractivity contribution in [3.63, 3.8) is 0 Å². The summed E-state index contributed by atoms with van der Waals surface area (Å²) in [5.74, 6) is -0.338. The van der Waals surface area contributed by atoms with Gasteiger partial charge in [-0.05, 0) is 57.2 Å². The summed E-state index contributed by atoms with van der Waals surface area (Å²) in [6, 6.07) is 12.3. The Balaban J connectivity index is 1.89. The summed E-state index contributed by atoms with van der Waals surface area (Å²) in [6.07, 6.45) is 5.31. The van der Waals surface area contributed by atoms with Gasteiger partial charge in [0.05, 0.1) is 12.4 Å². The summed E-state index contributed by atoms with van der Waals surface area (Å²) < 4.78 is 5.53. The van der Waals surface area contributed by atoms with Gasteiger partial charge in [-0.25, -0.2) is 14.8 Å². The summed E-state index contributed by atoms with van der Waals surface area (Å²) in [7, 11) is 0. The molecule has 3 aromatic rings. The molecule has 156 valence electrons. The van der Waals surface area contributed by atoms with E-state index >= 15 is 0 Å². The van der Waals surface area contributed by atoms with Crippen molar-refractivity contribution in [1.29, 1.82) is 0 Å². The summed E-state index contributed by atoms with van der Waals surface area (Å²) in [4.78, 5) is 26.0. The van der Waals surface area contributed by atoms with Gasteiger partial charge in [-0.1, -0.05) is 30.3 Å². The highest BCUT2D eigenvalue weighted by Gasteiger charge is 2.24. The minimum Gasteiger partial charge on any atom is -0.459 e. The van der Waals surface area contributed by atoms with E-state index in [0.717, 1.165) is 40.1 Å². The van der Waals surface area contributed by atoms with E-state index in [-0.39, 0.29) is 12.1 Å². The number of rotatable bonds is 5. The van der Waals surface area contributed by atoms with E-state index in [2.05, 4.69) is 23.1 Å². The minimum atomic E-state index is -0.338. The number of piperidine rings is 1. The van der Waals surface area contributed by atoms with E-state index in [1.54, 1.807) is 0 Å². The zero-order chi connectivity index (χ0) is 21.1. The quantitative estimate of drug-likeness (QED) is 0.289. The molecule has 0 saturated carbocycles. The number of ether oxygens (including phenoxy) is 1. The SMILES string of the molecule is Cc1cc(-c2ccccc2)c2c(N=CN3CCCCC3)c(C(=O)OC(C)C)sc2n1. The van der Waals surface area contributed by atoms with Crippen LogP contribution in [0.1, 0.15) is 48.5 Å². The molecule has 1 aliphatic heterocycles. The summed E-state index contributed by atoms with van der Waals surface area (Å²) in [5.41, 5.74) is 3.71. The second-order valence-electron chi connectivity index (χ2n) is 7.93. The topological polar surface area (TPSA) is 54.8 Å². The number of aliphatic imine (C=N–C) groups is 1. The third kappa shape index (κ3) is 4.38. The molecule has 30 heavy (non-hydrogen) atoms. The predicted octanol–water partition coefficient (Wildman–Crippen LogP) is 5.98. The molecule has 1 saturated heterocycles. The van der Waals surface area contributed by atoms with Crippen molar-refractivity contribution in [2.24, 2.45) is 4.99 Å². The number of aromatic nitrogens is 1. The summed E-state index contributed by atoms with van der Waals surface area (Å²) in [5, 5.41) is 0.917. The Labute approximate surface area is 181 Å². The van der Waals surface area contributed by atoms with E-state index in [4.69, 9.17) is 14.7 Å². The number of carbonyl (C=O) groups excluding carboxylic acids is 1. The van der Waals surface area contributed by atoms with Crippen molar-refractivity contribution in [2.45, 2.75) is 46.1 Å². The van der Waals surface area contributed by atoms with Crippen LogP contribution in [-0.4, -0.2) is 41.4 Å². The average Bonchev–Trinajstić information content (AvgIpc) is 3.11. The molecule has 0 bridgehead atoms. The lowest BCUT2D eigenvalue weighted by atomic mass is 10.0. The predicted molar refractivity (Wildman–Crippen MR) is 124 cm³/mol. The number of fused-ring (bicyclic) bond motifs is 1. The van der Waals surface area contributed by atoms with Crippen LogP contribution in [0.3, 0.4) is 0 Å². The van der Waals surface area contributed by atoms with Crippen LogP contribution in [0.5, 0.6) is 0 Å². The van der Waals surface area contributed by atoms with Crippen LogP contribution in [0.2, 0.25) is 0 Å². The number of likely N-dealkylation sites (tertiary alicyclic amines) is 1. The molecule has 0 radical (unpaired) electrons. The lowest BCUT2D eigenvalue weighted by Crippen LogP contribution is -2.28. The zero-order valence-corrected chi connectivity index (χ0v) is 18.5. The molecular weight excluding hydrogens is 394 g/mol. The van der Waals surface area contributed by atoms with Gasteiger partial charge in [0.1, 0.15) is 15.4 Å². The van der Waals surface area contributed by atoms with Gasteiger partial charge in [-0.15, -0.1) is 11.3 Å². The largest absolute Gasteiger partial charge is 0.459 e. The molecule has 4 rings (SSSR count). The molecule has 0 N–H and O–H groups in total. The Morgan fingerprint density at radius 3 is 2.63 bits per heavy atom. The first kappa shape index (κ1) is 20.5. The third-order valence-corrected chi connectivity index (χ3v) is 6.17. The van der Waals surface area contributed by atoms with Crippen molar-refractivity contribution in [2.75, 3.05) is 13.1 Å². The van der Waals surface area contributed by atoms with Gasteiger partial charge in [0.15, 0.2) is 0 Å². The Hall–Kier alpha value is -2.73. The van der Waals surface area contributed by atoms with Crippen LogP contribution in [0.4, 0.5) is 5.69 Å². The lowest BCUT2D eigenvalue weighted by molar-refractivity contribution is 0.0385. The first-order valence-corrected chi connectivity index (χ1v) is 11.3. The monoisotopic (exact) mass is 421 g/mol. The zero-order valence-electron chi connectivity index (χ0n) is 17.7. The lowest BCUT2D eigenvalue weighted by Gasteiger charge is -2.23. The highest BCUT2D eigenvalue weighted by molar-refractivity contribution is 7.21. The van der Waals surface area contributed by atoms with E-state index in [1.165, 1.54) is 30.6 Å². The molecule has 6 heteroatoms. The maximum Gasteiger partial charge on any atom is 0.350 e. The molecular formula is C24H27N3O2S. The molecule has 0 unspecified atom stereocenters. The first-order valence-electron chi connectivity index (χ1n) is 10.5. The van der Waals surface area contributed by atoms with Gasteiger partial charge in [0.2, 0.25) is 0 Å². The number of pyridine rings is 1. The fourth-order valence-electron chi connectivity index (χ4n) is 3.75. The maximum absolute atomic E-state index is 12.9. The van der Waals surface area contributed by atoms with Gasteiger partial charge >= 0.3 is 5.97 Å². The van der Waals surface area contributed by atoms with Crippen LogP contribution in [0.15, 0.2) is 41.4 Å². The Morgan fingerprint density at radius 1 is 1.20 bits per heavy atom. The van der Waals surface area contributed by atoms with E-state index in [1.807, 2.05) is 45.3 Å². The molecule has 1 aliphatic rings. The standard InChI is InChI=1S/C24H27N3O2S/c1-16(2)29-24(28)22-21(25-15-27-12-8-5-9-13-27)20-19(18-10-6-4-7-11-18)14-17(3)26-23(20)30-22/h4,6-7,10-11,14-16H,5,8-9,12-13H2,1-3H3. The molecule has 0 aliphatic carbocycles. The maximum atomic E-state index is 12.9. The van der Waals surface area contributed by atoms with Crippen molar-refractivity contribution in [3.8, 4) is 11.1 Å². The number of hydrogen-bond acceptors (Lipinski definition) is 5. The van der Waals surface area contributed by atoms with Gasteiger partial charge < -0.3 is 9.64 Å². The molecule has 5 nitrogen and oxygen atoms in total. The molecule has 0 amide bonds. The van der Waals surface area contributed by atoms with E-state index in [9.17, 15) is 4.79 Å². The number of carbonyl (C=O) groups is 1. The van der Waals surface area contributed by atoms with Gasteiger partial charge in [0, 0.05) is 24.2 Å². The molecule has 2 aromatic heterocycles. The number of aryl methyl sites for hydroxylation is 1. The molecule has 1 fully saturated rings. The minimum absolute atomic E-state index is 0.190. The van der Waals surface area contributed by atoms with Crippen LogP contribution in [0.25, 0.3) is 21.3 Å². The fourth-order valence-corrected chi connectivity index (χ4v) is 4.83. The van der Waals surface area contributed by atoms with Crippen molar-refractivity contribution in [1.82, 2.24) is 9.88 Å². The number of nitrogens with zero attached hydrogens (tertiary/aromatic N) is 3. The highest BCUT2D eigenvalue weighted by atomic mass is 32.1. The van der Waals surface area contributed by atoms with Gasteiger partial charge in [-0.3, -0.25) is 0 Å². The number of hydrogen-bond donors (Lipinski definition) is 0. The molecule has 0 atom stereocenters. The number of benzene rings is 1. The third-order valence-electron chi connectivity index (χ3n) is 5.12.